The van der Waals surface area contributed by atoms with E-state index in [0.29, 0.717) is 6.54 Å². The van der Waals surface area contributed by atoms with E-state index in [4.69, 9.17) is 0 Å². The number of hydrogen-bond donors (Lipinski definition) is 1. The highest BCUT2D eigenvalue weighted by Crippen LogP contribution is 2.24. The summed E-state index contributed by atoms with van der Waals surface area (Å²) in [6.07, 6.45) is 9.93. The van der Waals surface area contributed by atoms with Crippen LogP contribution in [0.4, 0.5) is 0 Å². The van der Waals surface area contributed by atoms with Crippen LogP contribution in [0.5, 0.6) is 0 Å². The lowest BCUT2D eigenvalue weighted by Crippen LogP contribution is -2.28. The van der Waals surface area contributed by atoms with Gasteiger partial charge in [-0.05, 0) is 30.5 Å². The van der Waals surface area contributed by atoms with Crippen LogP contribution >= 0.6 is 0 Å². The zero-order valence-electron chi connectivity index (χ0n) is 11.5. The Bertz CT molecular complexity index is 554. The summed E-state index contributed by atoms with van der Waals surface area (Å²) in [5.41, 5.74) is 2.20. The molecule has 0 atom stereocenters. The molecule has 20 heavy (non-hydrogen) atoms. The van der Waals surface area contributed by atoms with Crippen molar-refractivity contribution < 1.29 is 4.79 Å². The average molecular weight is 269 g/mol. The Morgan fingerprint density at radius 3 is 2.65 bits per heavy atom. The lowest BCUT2D eigenvalue weighted by atomic mass is 10.1. The van der Waals surface area contributed by atoms with Crippen molar-refractivity contribution in [2.24, 2.45) is 5.92 Å². The first-order chi connectivity index (χ1) is 9.83. The van der Waals surface area contributed by atoms with Crippen molar-refractivity contribution in [3.05, 3.63) is 48.5 Å². The van der Waals surface area contributed by atoms with Gasteiger partial charge in [-0.2, -0.15) is 0 Å². The second kappa shape index (κ2) is 5.90. The molecule has 0 spiro atoms. The standard InChI is InChI=1S/C16H19N3O/c20-16(14-3-1-2-4-14)18-11-13-5-7-15(8-6-13)19-10-9-17-12-19/h5-10,12,14H,1-4,11H2,(H,18,20). The monoisotopic (exact) mass is 269 g/mol. The van der Waals surface area contributed by atoms with E-state index in [1.54, 1.807) is 12.5 Å². The highest BCUT2D eigenvalue weighted by Gasteiger charge is 2.21. The summed E-state index contributed by atoms with van der Waals surface area (Å²) in [5, 5.41) is 3.04. The Morgan fingerprint density at radius 2 is 2.00 bits per heavy atom. The van der Waals surface area contributed by atoms with Gasteiger partial charge in [-0.25, -0.2) is 4.98 Å². The quantitative estimate of drug-likeness (QED) is 0.927. The molecule has 4 nitrogen and oxygen atoms in total. The third kappa shape index (κ3) is 2.90. The largest absolute Gasteiger partial charge is 0.352 e. The number of nitrogens with zero attached hydrogens (tertiary/aromatic N) is 2. The predicted octanol–water partition coefficient (Wildman–Crippen LogP) is 2.68. The Hall–Kier alpha value is -2.10. The summed E-state index contributed by atoms with van der Waals surface area (Å²) in [6.45, 7) is 0.611. The predicted molar refractivity (Wildman–Crippen MR) is 77.4 cm³/mol. The van der Waals surface area contributed by atoms with Gasteiger partial charge in [0.25, 0.3) is 0 Å². The van der Waals surface area contributed by atoms with Crippen LogP contribution in [-0.2, 0) is 11.3 Å². The van der Waals surface area contributed by atoms with Crippen molar-refractivity contribution in [1.29, 1.82) is 0 Å². The second-order valence-electron chi connectivity index (χ2n) is 5.34. The summed E-state index contributed by atoms with van der Waals surface area (Å²) in [7, 11) is 0. The fourth-order valence-electron chi connectivity index (χ4n) is 2.72. The van der Waals surface area contributed by atoms with Crippen LogP contribution in [0.25, 0.3) is 5.69 Å². The molecule has 0 radical (unpaired) electrons. The van der Waals surface area contributed by atoms with E-state index in [9.17, 15) is 4.79 Å². The van der Waals surface area contributed by atoms with Crippen LogP contribution in [0.3, 0.4) is 0 Å². The molecule has 1 aromatic heterocycles. The average Bonchev–Trinajstić information content (AvgIpc) is 3.18. The number of carbonyl (C=O) groups is 1. The van der Waals surface area contributed by atoms with Crippen molar-refractivity contribution in [2.45, 2.75) is 32.2 Å². The van der Waals surface area contributed by atoms with Gasteiger partial charge in [-0.1, -0.05) is 25.0 Å². The second-order valence-corrected chi connectivity index (χ2v) is 5.34. The fourth-order valence-corrected chi connectivity index (χ4v) is 2.72. The molecule has 4 heteroatoms. The van der Waals surface area contributed by atoms with Crippen molar-refractivity contribution in [3.63, 3.8) is 0 Å². The SMILES string of the molecule is O=C(NCc1ccc(-n2ccnc2)cc1)C1CCCC1. The molecule has 1 aromatic carbocycles. The van der Waals surface area contributed by atoms with Crippen LogP contribution in [0.1, 0.15) is 31.2 Å². The molecular weight excluding hydrogens is 250 g/mol. The first-order valence-electron chi connectivity index (χ1n) is 7.18. The Labute approximate surface area is 118 Å². The number of rotatable bonds is 4. The molecule has 1 heterocycles. The van der Waals surface area contributed by atoms with Crippen LogP contribution in [0.15, 0.2) is 43.0 Å². The first-order valence-corrected chi connectivity index (χ1v) is 7.18. The maximum atomic E-state index is 11.9. The molecule has 1 amide bonds. The van der Waals surface area contributed by atoms with Gasteiger partial charge >= 0.3 is 0 Å². The Morgan fingerprint density at radius 1 is 1.25 bits per heavy atom. The van der Waals surface area contributed by atoms with Gasteiger partial charge in [-0.15, -0.1) is 0 Å². The van der Waals surface area contributed by atoms with Gasteiger partial charge in [0.15, 0.2) is 0 Å². The lowest BCUT2D eigenvalue weighted by Gasteiger charge is -2.10. The molecule has 0 unspecified atom stereocenters. The Balaban J connectivity index is 1.57. The van der Waals surface area contributed by atoms with E-state index in [1.165, 1.54) is 12.8 Å². The van der Waals surface area contributed by atoms with Gasteiger partial charge in [0.2, 0.25) is 5.91 Å². The normalized spacial score (nSPS) is 15.4. The number of nitrogens with one attached hydrogen (secondary N) is 1. The van der Waals surface area contributed by atoms with E-state index >= 15 is 0 Å². The lowest BCUT2D eigenvalue weighted by molar-refractivity contribution is -0.124. The summed E-state index contributed by atoms with van der Waals surface area (Å²) >= 11 is 0. The van der Waals surface area contributed by atoms with E-state index < -0.39 is 0 Å². The summed E-state index contributed by atoms with van der Waals surface area (Å²) < 4.78 is 1.96. The van der Waals surface area contributed by atoms with E-state index in [-0.39, 0.29) is 11.8 Å². The minimum atomic E-state index is 0.209. The third-order valence-electron chi connectivity index (χ3n) is 3.93. The topological polar surface area (TPSA) is 46.9 Å². The smallest absolute Gasteiger partial charge is 0.223 e. The highest BCUT2D eigenvalue weighted by atomic mass is 16.1. The maximum absolute atomic E-state index is 11.9. The zero-order valence-corrected chi connectivity index (χ0v) is 11.5. The van der Waals surface area contributed by atoms with Crippen LogP contribution in [-0.4, -0.2) is 15.5 Å². The highest BCUT2D eigenvalue weighted by molar-refractivity contribution is 5.78. The van der Waals surface area contributed by atoms with E-state index in [1.807, 2.05) is 35.0 Å². The van der Waals surface area contributed by atoms with Gasteiger partial charge in [0.1, 0.15) is 0 Å². The van der Waals surface area contributed by atoms with Crippen LogP contribution in [0, 0.1) is 5.92 Å². The molecule has 0 saturated heterocycles. The van der Waals surface area contributed by atoms with Crippen molar-refractivity contribution in [2.75, 3.05) is 0 Å². The van der Waals surface area contributed by atoms with Gasteiger partial charge in [0, 0.05) is 30.5 Å². The first kappa shape index (κ1) is 12.9. The van der Waals surface area contributed by atoms with Gasteiger partial charge in [0.05, 0.1) is 6.33 Å². The molecule has 2 aromatic rings. The molecular formula is C16H19N3O. The van der Waals surface area contributed by atoms with Gasteiger partial charge < -0.3 is 9.88 Å². The third-order valence-corrected chi connectivity index (χ3v) is 3.93. The minimum absolute atomic E-state index is 0.209. The minimum Gasteiger partial charge on any atom is -0.352 e. The van der Waals surface area contributed by atoms with E-state index in [2.05, 4.69) is 10.3 Å². The molecule has 0 bridgehead atoms. The molecule has 1 N–H and O–H groups in total. The molecule has 1 saturated carbocycles. The van der Waals surface area contributed by atoms with E-state index in [0.717, 1.165) is 24.1 Å². The number of imidazole rings is 1. The summed E-state index contributed by atoms with van der Waals surface area (Å²) in [6, 6.07) is 8.17. The van der Waals surface area contributed by atoms with Crippen LogP contribution < -0.4 is 5.32 Å². The maximum Gasteiger partial charge on any atom is 0.223 e. The zero-order chi connectivity index (χ0) is 13.8. The fraction of sp³-hybridized carbons (Fsp3) is 0.375. The van der Waals surface area contributed by atoms with Crippen molar-refractivity contribution in [3.8, 4) is 5.69 Å². The summed E-state index contributed by atoms with van der Waals surface area (Å²) in [4.78, 5) is 16.0. The number of amides is 1. The molecule has 3 rings (SSSR count). The van der Waals surface area contributed by atoms with Gasteiger partial charge in [-0.3, -0.25) is 4.79 Å². The van der Waals surface area contributed by atoms with Crippen LogP contribution in [0.2, 0.25) is 0 Å². The van der Waals surface area contributed by atoms with Crippen molar-refractivity contribution in [1.82, 2.24) is 14.9 Å². The number of hydrogen-bond acceptors (Lipinski definition) is 2. The Kier molecular flexibility index (Phi) is 3.81. The molecule has 104 valence electrons. The summed E-state index contributed by atoms with van der Waals surface area (Å²) in [5.74, 6) is 0.446. The molecule has 0 aliphatic heterocycles. The molecule has 1 aliphatic carbocycles. The number of carbonyl (C=O) groups excluding carboxylic acids is 1. The number of aromatic nitrogens is 2. The molecule has 1 fully saturated rings. The number of benzene rings is 1. The molecule has 1 aliphatic rings. The van der Waals surface area contributed by atoms with Crippen molar-refractivity contribution >= 4 is 5.91 Å².